The van der Waals surface area contributed by atoms with Crippen molar-refractivity contribution in [3.63, 3.8) is 0 Å². The fourth-order valence-electron chi connectivity index (χ4n) is 4.81. The Hall–Kier alpha value is -3.19. The summed E-state index contributed by atoms with van der Waals surface area (Å²) in [5.41, 5.74) is 4.38. The van der Waals surface area contributed by atoms with Crippen molar-refractivity contribution in [2.24, 2.45) is 0 Å². The molecule has 1 amide bonds. The van der Waals surface area contributed by atoms with Gasteiger partial charge in [0.15, 0.2) is 23.0 Å². The van der Waals surface area contributed by atoms with Crippen molar-refractivity contribution in [1.82, 2.24) is 4.90 Å². The number of carbonyl (C=O) groups excluding carboxylic acids is 1. The smallest absolute Gasteiger partial charge is 0.231 e. The van der Waals surface area contributed by atoms with Gasteiger partial charge in [-0.1, -0.05) is 46.3 Å². The van der Waals surface area contributed by atoms with Crippen LogP contribution in [0.25, 0.3) is 0 Å². The molecule has 0 saturated carbocycles. The summed E-state index contributed by atoms with van der Waals surface area (Å²) in [4.78, 5) is 15.5. The standard InChI is InChI=1S/C26H22BrNO5/c27-20-13-25-23(31-15-33-25)11-18(20)9-21-19-12-24-22(30-14-32-24)10-17(19)6-7-28(21)26(29)8-16-4-2-1-3-5-16/h1-5,10-13,21H,6-9,14-15H2. The van der Waals surface area contributed by atoms with Crippen LogP contribution in [0.2, 0.25) is 0 Å². The van der Waals surface area contributed by atoms with Crippen molar-refractivity contribution in [1.29, 1.82) is 0 Å². The van der Waals surface area contributed by atoms with Crippen LogP contribution in [0.1, 0.15) is 28.3 Å². The molecule has 33 heavy (non-hydrogen) atoms. The third-order valence-corrected chi connectivity index (χ3v) is 7.20. The van der Waals surface area contributed by atoms with Crippen molar-refractivity contribution in [2.75, 3.05) is 20.1 Å². The van der Waals surface area contributed by atoms with Crippen LogP contribution < -0.4 is 18.9 Å². The summed E-state index contributed by atoms with van der Waals surface area (Å²) in [6.45, 7) is 1.11. The molecule has 0 N–H and O–H groups in total. The van der Waals surface area contributed by atoms with E-state index in [1.807, 2.05) is 53.4 Å². The first-order valence-corrected chi connectivity index (χ1v) is 11.8. The van der Waals surface area contributed by atoms with E-state index in [2.05, 4.69) is 22.0 Å². The molecule has 0 fully saturated rings. The Balaban J connectivity index is 1.37. The van der Waals surface area contributed by atoms with Crippen LogP contribution in [0.4, 0.5) is 0 Å². The van der Waals surface area contributed by atoms with E-state index in [1.54, 1.807) is 0 Å². The molecule has 1 unspecified atom stereocenters. The normalized spacial score (nSPS) is 17.7. The average molecular weight is 508 g/mol. The number of rotatable bonds is 4. The van der Waals surface area contributed by atoms with Gasteiger partial charge in [-0.15, -0.1) is 0 Å². The zero-order valence-corrected chi connectivity index (χ0v) is 19.5. The van der Waals surface area contributed by atoms with E-state index in [-0.39, 0.29) is 25.5 Å². The largest absolute Gasteiger partial charge is 0.454 e. The zero-order valence-electron chi connectivity index (χ0n) is 17.9. The number of amides is 1. The molecule has 0 saturated heterocycles. The lowest BCUT2D eigenvalue weighted by Gasteiger charge is -2.38. The molecule has 3 heterocycles. The minimum atomic E-state index is -0.129. The number of ether oxygens (including phenoxy) is 4. The SMILES string of the molecule is O=C(Cc1ccccc1)N1CCc2cc3c(cc2C1Cc1cc2c(cc1Br)OCO2)OCO3. The first-order chi connectivity index (χ1) is 16.2. The quantitative estimate of drug-likeness (QED) is 0.506. The Bertz CT molecular complexity index is 1230. The molecule has 3 aromatic carbocycles. The highest BCUT2D eigenvalue weighted by Crippen LogP contribution is 2.44. The van der Waals surface area contributed by atoms with Gasteiger partial charge in [0.2, 0.25) is 19.5 Å². The third kappa shape index (κ3) is 3.80. The Morgan fingerprint density at radius 3 is 2.33 bits per heavy atom. The lowest BCUT2D eigenvalue weighted by molar-refractivity contribution is -0.133. The van der Waals surface area contributed by atoms with Gasteiger partial charge in [0, 0.05) is 11.0 Å². The Morgan fingerprint density at radius 1 is 0.909 bits per heavy atom. The van der Waals surface area contributed by atoms with Crippen molar-refractivity contribution < 1.29 is 23.7 Å². The summed E-state index contributed by atoms with van der Waals surface area (Å²) < 4.78 is 23.3. The van der Waals surface area contributed by atoms with Crippen LogP contribution >= 0.6 is 15.9 Å². The minimum absolute atomic E-state index is 0.117. The second-order valence-corrected chi connectivity index (χ2v) is 9.27. The van der Waals surface area contributed by atoms with Gasteiger partial charge in [-0.3, -0.25) is 4.79 Å². The van der Waals surface area contributed by atoms with E-state index in [1.165, 1.54) is 5.56 Å². The summed E-state index contributed by atoms with van der Waals surface area (Å²) in [6, 6.07) is 17.8. The number of nitrogens with zero attached hydrogens (tertiary/aromatic N) is 1. The van der Waals surface area contributed by atoms with E-state index >= 15 is 0 Å². The lowest BCUT2D eigenvalue weighted by atomic mass is 9.87. The molecule has 0 aromatic heterocycles. The molecule has 6 rings (SSSR count). The number of halogens is 1. The summed E-state index contributed by atoms with van der Waals surface area (Å²) in [7, 11) is 0. The highest BCUT2D eigenvalue weighted by atomic mass is 79.9. The average Bonchev–Trinajstić information content (AvgIpc) is 3.47. The first-order valence-electron chi connectivity index (χ1n) is 11.0. The monoisotopic (exact) mass is 507 g/mol. The van der Waals surface area contributed by atoms with Crippen molar-refractivity contribution in [3.05, 3.63) is 81.3 Å². The van der Waals surface area contributed by atoms with Gasteiger partial charge < -0.3 is 23.8 Å². The topological polar surface area (TPSA) is 57.2 Å². The van der Waals surface area contributed by atoms with Gasteiger partial charge in [0.1, 0.15) is 0 Å². The molecular weight excluding hydrogens is 486 g/mol. The Kier molecular flexibility index (Phi) is 5.14. The molecule has 6 nitrogen and oxygen atoms in total. The Labute approximate surface area is 200 Å². The van der Waals surface area contributed by atoms with E-state index in [9.17, 15) is 4.79 Å². The van der Waals surface area contributed by atoms with Crippen LogP contribution in [0.3, 0.4) is 0 Å². The van der Waals surface area contributed by atoms with E-state index < -0.39 is 0 Å². The van der Waals surface area contributed by atoms with Crippen LogP contribution in [0.5, 0.6) is 23.0 Å². The molecule has 0 radical (unpaired) electrons. The van der Waals surface area contributed by atoms with Crippen LogP contribution in [-0.4, -0.2) is 30.9 Å². The minimum Gasteiger partial charge on any atom is -0.454 e. The highest BCUT2D eigenvalue weighted by Gasteiger charge is 2.34. The number of benzene rings is 3. The molecule has 0 bridgehead atoms. The predicted molar refractivity (Wildman–Crippen MR) is 125 cm³/mol. The maximum atomic E-state index is 13.5. The number of carbonyl (C=O) groups is 1. The summed E-state index contributed by atoms with van der Waals surface area (Å²) in [5.74, 6) is 3.10. The molecule has 168 valence electrons. The van der Waals surface area contributed by atoms with Gasteiger partial charge >= 0.3 is 0 Å². The number of fused-ring (bicyclic) bond motifs is 3. The zero-order chi connectivity index (χ0) is 22.4. The summed E-state index contributed by atoms with van der Waals surface area (Å²) in [5, 5.41) is 0. The molecule has 0 aliphatic carbocycles. The van der Waals surface area contributed by atoms with E-state index in [0.717, 1.165) is 50.6 Å². The second-order valence-electron chi connectivity index (χ2n) is 8.42. The fraction of sp³-hybridized carbons (Fsp3) is 0.269. The number of hydrogen-bond acceptors (Lipinski definition) is 5. The second kappa shape index (κ2) is 8.30. The van der Waals surface area contributed by atoms with Crippen molar-refractivity contribution in [3.8, 4) is 23.0 Å². The van der Waals surface area contributed by atoms with Gasteiger partial charge in [-0.05, 0) is 59.4 Å². The van der Waals surface area contributed by atoms with E-state index in [4.69, 9.17) is 18.9 Å². The molecular formula is C26H22BrNO5. The van der Waals surface area contributed by atoms with Crippen LogP contribution in [-0.2, 0) is 24.1 Å². The highest BCUT2D eigenvalue weighted by molar-refractivity contribution is 9.10. The van der Waals surface area contributed by atoms with Crippen molar-refractivity contribution >= 4 is 21.8 Å². The summed E-state index contributed by atoms with van der Waals surface area (Å²) >= 11 is 3.69. The Morgan fingerprint density at radius 2 is 1.58 bits per heavy atom. The fourth-order valence-corrected chi connectivity index (χ4v) is 5.29. The predicted octanol–water partition coefficient (Wildman–Crippen LogP) is 4.82. The molecule has 7 heteroatoms. The molecule has 0 spiro atoms. The number of hydrogen-bond donors (Lipinski definition) is 0. The van der Waals surface area contributed by atoms with E-state index in [0.29, 0.717) is 19.4 Å². The summed E-state index contributed by atoms with van der Waals surface area (Å²) in [6.07, 6.45) is 1.80. The lowest BCUT2D eigenvalue weighted by Crippen LogP contribution is -2.41. The molecule has 1 atom stereocenters. The van der Waals surface area contributed by atoms with Crippen LogP contribution in [0.15, 0.2) is 59.1 Å². The van der Waals surface area contributed by atoms with Gasteiger partial charge in [-0.25, -0.2) is 0 Å². The molecule has 3 aromatic rings. The molecule has 3 aliphatic heterocycles. The maximum absolute atomic E-state index is 13.5. The molecule has 3 aliphatic rings. The van der Waals surface area contributed by atoms with Crippen molar-refractivity contribution in [2.45, 2.75) is 25.3 Å². The van der Waals surface area contributed by atoms with Crippen LogP contribution in [0, 0.1) is 0 Å². The first kappa shape index (κ1) is 20.4. The van der Waals surface area contributed by atoms with Gasteiger partial charge in [0.25, 0.3) is 0 Å². The van der Waals surface area contributed by atoms with Gasteiger partial charge in [0.05, 0.1) is 12.5 Å². The third-order valence-electron chi connectivity index (χ3n) is 6.47. The maximum Gasteiger partial charge on any atom is 0.231 e. The van der Waals surface area contributed by atoms with Gasteiger partial charge in [-0.2, -0.15) is 0 Å².